The van der Waals surface area contributed by atoms with E-state index in [-0.39, 0.29) is 11.4 Å². The molecule has 1 amide bonds. The number of hydrazine groups is 1. The summed E-state index contributed by atoms with van der Waals surface area (Å²) in [6, 6.07) is 6.46. The van der Waals surface area contributed by atoms with E-state index < -0.39 is 15.9 Å². The third kappa shape index (κ3) is 5.37. The SMILES string of the molecule is Cc1ccc(S(=O)(=O)NCC(=O)NNC2=CCC(C)CC2)cc1. The Labute approximate surface area is 137 Å². The van der Waals surface area contributed by atoms with Crippen LogP contribution in [0.3, 0.4) is 0 Å². The van der Waals surface area contributed by atoms with Gasteiger partial charge in [0.15, 0.2) is 0 Å². The minimum Gasteiger partial charge on any atom is -0.303 e. The highest BCUT2D eigenvalue weighted by Gasteiger charge is 2.15. The minimum absolute atomic E-state index is 0.146. The topological polar surface area (TPSA) is 87.3 Å². The Morgan fingerprint density at radius 2 is 1.96 bits per heavy atom. The molecule has 0 radical (unpaired) electrons. The van der Waals surface area contributed by atoms with Gasteiger partial charge in [-0.2, -0.15) is 0 Å². The first-order chi connectivity index (χ1) is 10.9. The van der Waals surface area contributed by atoms with Crippen LogP contribution in [-0.2, 0) is 14.8 Å². The summed E-state index contributed by atoms with van der Waals surface area (Å²) < 4.78 is 26.4. The van der Waals surface area contributed by atoms with Crippen molar-refractivity contribution in [2.45, 2.75) is 38.0 Å². The standard InChI is InChI=1S/C16H23N3O3S/c1-12-3-7-14(8-4-12)18-19-16(20)11-17-23(21,22)15-9-5-13(2)6-10-15/h5-7,9-10,12,17-18H,3-4,8,11H2,1-2H3,(H,19,20). The second-order valence-corrected chi connectivity index (χ2v) is 7.69. The van der Waals surface area contributed by atoms with Crippen LogP contribution in [0.1, 0.15) is 31.7 Å². The molecule has 0 aromatic heterocycles. The zero-order valence-electron chi connectivity index (χ0n) is 13.4. The van der Waals surface area contributed by atoms with Gasteiger partial charge in [-0.15, -0.1) is 0 Å². The Balaban J connectivity index is 1.80. The van der Waals surface area contributed by atoms with Crippen LogP contribution in [0.4, 0.5) is 0 Å². The lowest BCUT2D eigenvalue weighted by molar-refractivity contribution is -0.120. The maximum absolute atomic E-state index is 12.1. The first-order valence-corrected chi connectivity index (χ1v) is 9.15. The number of hydrogen-bond acceptors (Lipinski definition) is 4. The van der Waals surface area contributed by atoms with E-state index in [0.717, 1.165) is 30.5 Å². The van der Waals surface area contributed by atoms with Gasteiger partial charge in [0.25, 0.3) is 5.91 Å². The molecular formula is C16H23N3O3S. The summed E-state index contributed by atoms with van der Waals surface area (Å²) in [5, 5.41) is 0. The Kier molecular flexibility index (Phi) is 5.79. The predicted octanol–water partition coefficient (Wildman–Crippen LogP) is 1.60. The van der Waals surface area contributed by atoms with Gasteiger partial charge in [0.2, 0.25) is 10.0 Å². The van der Waals surface area contributed by atoms with Crippen LogP contribution >= 0.6 is 0 Å². The van der Waals surface area contributed by atoms with E-state index in [1.54, 1.807) is 12.1 Å². The summed E-state index contributed by atoms with van der Waals surface area (Å²) in [5.41, 5.74) is 7.31. The highest BCUT2D eigenvalue weighted by molar-refractivity contribution is 7.89. The first kappa shape index (κ1) is 17.5. The van der Waals surface area contributed by atoms with Gasteiger partial charge in [-0.25, -0.2) is 13.1 Å². The summed E-state index contributed by atoms with van der Waals surface area (Å²) in [6.45, 7) is 3.75. The third-order valence-electron chi connectivity index (χ3n) is 3.79. The number of rotatable bonds is 6. The fourth-order valence-corrected chi connectivity index (χ4v) is 3.22. The molecular weight excluding hydrogens is 314 g/mol. The van der Waals surface area contributed by atoms with Gasteiger partial charge >= 0.3 is 0 Å². The van der Waals surface area contributed by atoms with Crippen LogP contribution in [0.15, 0.2) is 40.9 Å². The van der Waals surface area contributed by atoms with Gasteiger partial charge in [-0.05, 0) is 44.2 Å². The van der Waals surface area contributed by atoms with Crippen LogP contribution in [0, 0.1) is 12.8 Å². The van der Waals surface area contributed by atoms with Crippen molar-refractivity contribution in [3.8, 4) is 0 Å². The van der Waals surface area contributed by atoms with Crippen molar-refractivity contribution >= 4 is 15.9 Å². The number of aryl methyl sites for hydroxylation is 1. The molecule has 1 aromatic carbocycles. The first-order valence-electron chi connectivity index (χ1n) is 7.67. The monoisotopic (exact) mass is 337 g/mol. The van der Waals surface area contributed by atoms with Gasteiger partial charge in [0.1, 0.15) is 0 Å². The van der Waals surface area contributed by atoms with Crippen LogP contribution in [-0.4, -0.2) is 20.9 Å². The molecule has 0 saturated carbocycles. The lowest BCUT2D eigenvalue weighted by Crippen LogP contribution is -2.43. The molecule has 6 nitrogen and oxygen atoms in total. The Bertz CT molecular complexity index is 681. The van der Waals surface area contributed by atoms with Crippen LogP contribution in [0.2, 0.25) is 0 Å². The lowest BCUT2D eigenvalue weighted by Gasteiger charge is -2.19. The fourth-order valence-electron chi connectivity index (χ4n) is 2.23. The zero-order chi connectivity index (χ0) is 16.9. The van der Waals surface area contributed by atoms with Crippen molar-refractivity contribution in [3.05, 3.63) is 41.6 Å². The van der Waals surface area contributed by atoms with Crippen molar-refractivity contribution < 1.29 is 13.2 Å². The van der Waals surface area contributed by atoms with E-state index >= 15 is 0 Å². The van der Waals surface area contributed by atoms with Gasteiger partial charge in [-0.1, -0.05) is 30.7 Å². The summed E-state index contributed by atoms with van der Waals surface area (Å²) >= 11 is 0. The van der Waals surface area contributed by atoms with E-state index in [0.29, 0.717) is 5.92 Å². The molecule has 2 rings (SSSR count). The molecule has 0 heterocycles. The number of hydrogen-bond donors (Lipinski definition) is 3. The van der Waals surface area contributed by atoms with Gasteiger partial charge in [0.05, 0.1) is 11.4 Å². The maximum Gasteiger partial charge on any atom is 0.253 e. The van der Waals surface area contributed by atoms with Crippen LogP contribution < -0.4 is 15.6 Å². The van der Waals surface area contributed by atoms with Crippen LogP contribution in [0.5, 0.6) is 0 Å². The Morgan fingerprint density at radius 3 is 2.57 bits per heavy atom. The summed E-state index contributed by atoms with van der Waals surface area (Å²) in [4.78, 5) is 11.9. The molecule has 0 saturated heterocycles. The quantitative estimate of drug-likeness (QED) is 0.688. The number of amides is 1. The van der Waals surface area contributed by atoms with Gasteiger partial charge < -0.3 is 5.43 Å². The Hall–Kier alpha value is -1.86. The highest BCUT2D eigenvalue weighted by Crippen LogP contribution is 2.20. The Morgan fingerprint density at radius 1 is 1.26 bits per heavy atom. The summed E-state index contributed by atoms with van der Waals surface area (Å²) in [7, 11) is -3.68. The second-order valence-electron chi connectivity index (χ2n) is 5.92. The van der Waals surface area contributed by atoms with E-state index in [9.17, 15) is 13.2 Å². The lowest BCUT2D eigenvalue weighted by atomic mass is 9.95. The molecule has 126 valence electrons. The van der Waals surface area contributed by atoms with E-state index in [1.165, 1.54) is 12.1 Å². The molecule has 1 aliphatic rings. The molecule has 0 aliphatic heterocycles. The largest absolute Gasteiger partial charge is 0.303 e. The number of sulfonamides is 1. The normalized spacial score (nSPS) is 18.2. The van der Waals surface area contributed by atoms with E-state index in [4.69, 9.17) is 0 Å². The number of carbonyl (C=O) groups excluding carboxylic acids is 1. The third-order valence-corrected chi connectivity index (χ3v) is 5.21. The molecule has 7 heteroatoms. The molecule has 1 aromatic rings. The van der Waals surface area contributed by atoms with E-state index in [2.05, 4.69) is 28.6 Å². The molecule has 1 aliphatic carbocycles. The smallest absolute Gasteiger partial charge is 0.253 e. The zero-order valence-corrected chi connectivity index (χ0v) is 14.2. The molecule has 0 spiro atoms. The number of allylic oxidation sites excluding steroid dienone is 2. The van der Waals surface area contributed by atoms with Gasteiger partial charge in [0, 0.05) is 5.70 Å². The van der Waals surface area contributed by atoms with Crippen molar-refractivity contribution in [2.24, 2.45) is 5.92 Å². The predicted molar refractivity (Wildman–Crippen MR) is 88.7 cm³/mol. The molecule has 23 heavy (non-hydrogen) atoms. The van der Waals surface area contributed by atoms with Crippen molar-refractivity contribution in [2.75, 3.05) is 6.54 Å². The number of benzene rings is 1. The maximum atomic E-state index is 12.1. The highest BCUT2D eigenvalue weighted by atomic mass is 32.2. The average Bonchev–Trinajstić information content (AvgIpc) is 2.53. The minimum atomic E-state index is -3.68. The van der Waals surface area contributed by atoms with Gasteiger partial charge in [-0.3, -0.25) is 10.2 Å². The van der Waals surface area contributed by atoms with Crippen molar-refractivity contribution in [1.29, 1.82) is 0 Å². The number of carbonyl (C=O) groups is 1. The molecule has 3 N–H and O–H groups in total. The van der Waals surface area contributed by atoms with Crippen LogP contribution in [0.25, 0.3) is 0 Å². The van der Waals surface area contributed by atoms with E-state index in [1.807, 2.05) is 6.92 Å². The van der Waals surface area contributed by atoms with Crippen molar-refractivity contribution in [3.63, 3.8) is 0 Å². The molecule has 0 bridgehead atoms. The summed E-state index contributed by atoms with van der Waals surface area (Å²) in [5.74, 6) is 0.234. The summed E-state index contributed by atoms with van der Waals surface area (Å²) in [6.07, 6.45) is 5.01. The molecule has 1 atom stereocenters. The molecule has 0 fully saturated rings. The number of nitrogens with one attached hydrogen (secondary N) is 3. The fraction of sp³-hybridized carbons (Fsp3) is 0.438. The average molecular weight is 337 g/mol. The molecule has 1 unspecified atom stereocenters. The second kappa shape index (κ2) is 7.61. The van der Waals surface area contributed by atoms with Crippen molar-refractivity contribution in [1.82, 2.24) is 15.6 Å².